The Morgan fingerprint density at radius 1 is 1.16 bits per heavy atom. The lowest BCUT2D eigenvalue weighted by atomic mass is 10.1. The van der Waals surface area contributed by atoms with Crippen LogP contribution in [0.25, 0.3) is 0 Å². The van der Waals surface area contributed by atoms with Crippen molar-refractivity contribution in [1.29, 1.82) is 0 Å². The maximum atomic E-state index is 12.4. The van der Waals surface area contributed by atoms with Crippen LogP contribution < -0.4 is 0 Å². The average molecular weight is 279 g/mol. The van der Waals surface area contributed by atoms with Crippen molar-refractivity contribution in [3.63, 3.8) is 0 Å². The van der Waals surface area contributed by atoms with Gasteiger partial charge in [-0.25, -0.2) is 8.42 Å². The van der Waals surface area contributed by atoms with Crippen molar-refractivity contribution < 1.29 is 12.8 Å². The van der Waals surface area contributed by atoms with Crippen LogP contribution in [0.15, 0.2) is 46.1 Å². The van der Waals surface area contributed by atoms with E-state index < -0.39 is 10.0 Å². The Balaban J connectivity index is 2.28. The van der Waals surface area contributed by atoms with Crippen molar-refractivity contribution in [3.8, 4) is 0 Å². The molecule has 102 valence electrons. The SMILES string of the molecule is Cc1ccc(S(=O)(=O)N(C)Cc2ccoc2)cc1C. The molecule has 0 radical (unpaired) electrons. The highest BCUT2D eigenvalue weighted by molar-refractivity contribution is 7.89. The van der Waals surface area contributed by atoms with Gasteiger partial charge in [-0.1, -0.05) is 6.07 Å². The van der Waals surface area contributed by atoms with E-state index in [9.17, 15) is 8.42 Å². The average Bonchev–Trinajstić information content (AvgIpc) is 2.85. The number of rotatable bonds is 4. The van der Waals surface area contributed by atoms with Crippen LogP contribution in [0.5, 0.6) is 0 Å². The maximum Gasteiger partial charge on any atom is 0.243 e. The zero-order valence-electron chi connectivity index (χ0n) is 11.3. The molecule has 1 aromatic heterocycles. The van der Waals surface area contributed by atoms with Gasteiger partial charge in [0.15, 0.2) is 0 Å². The molecule has 0 aliphatic rings. The van der Waals surface area contributed by atoms with E-state index in [0.29, 0.717) is 11.4 Å². The van der Waals surface area contributed by atoms with Crippen LogP contribution in [0.1, 0.15) is 16.7 Å². The Morgan fingerprint density at radius 3 is 2.47 bits per heavy atom. The Morgan fingerprint density at radius 2 is 1.89 bits per heavy atom. The van der Waals surface area contributed by atoms with Gasteiger partial charge in [0.1, 0.15) is 0 Å². The van der Waals surface area contributed by atoms with E-state index in [-0.39, 0.29) is 0 Å². The van der Waals surface area contributed by atoms with E-state index in [1.807, 2.05) is 19.9 Å². The predicted molar refractivity (Wildman–Crippen MR) is 73.3 cm³/mol. The third-order valence-corrected chi connectivity index (χ3v) is 4.97. The summed E-state index contributed by atoms with van der Waals surface area (Å²) in [5.41, 5.74) is 2.88. The molecule has 2 rings (SSSR count). The van der Waals surface area contributed by atoms with Crippen molar-refractivity contribution in [1.82, 2.24) is 4.31 Å². The lowest BCUT2D eigenvalue weighted by Gasteiger charge is -2.17. The molecular weight excluding hydrogens is 262 g/mol. The Hall–Kier alpha value is -1.59. The molecule has 5 heteroatoms. The minimum atomic E-state index is -3.46. The smallest absolute Gasteiger partial charge is 0.243 e. The molecule has 0 saturated heterocycles. The summed E-state index contributed by atoms with van der Waals surface area (Å²) in [6.07, 6.45) is 3.08. The third kappa shape index (κ3) is 2.88. The van der Waals surface area contributed by atoms with Crippen LogP contribution in [0, 0.1) is 13.8 Å². The Labute approximate surface area is 113 Å². The summed E-state index contributed by atoms with van der Waals surface area (Å²) in [5.74, 6) is 0. The highest BCUT2D eigenvalue weighted by Crippen LogP contribution is 2.19. The Kier molecular flexibility index (Phi) is 3.78. The predicted octanol–water partition coefficient (Wildman–Crippen LogP) is 2.72. The van der Waals surface area contributed by atoms with Crippen LogP contribution in [0.2, 0.25) is 0 Å². The second-order valence-electron chi connectivity index (χ2n) is 4.64. The molecule has 0 amide bonds. The zero-order valence-corrected chi connectivity index (χ0v) is 12.1. The summed E-state index contributed by atoms with van der Waals surface area (Å²) in [6.45, 7) is 4.16. The molecule has 2 aromatic rings. The molecule has 0 saturated carbocycles. The van der Waals surface area contributed by atoms with E-state index in [1.54, 1.807) is 31.5 Å². The van der Waals surface area contributed by atoms with Gasteiger partial charge in [0.25, 0.3) is 0 Å². The lowest BCUT2D eigenvalue weighted by molar-refractivity contribution is 0.463. The fourth-order valence-corrected chi connectivity index (χ4v) is 3.02. The van der Waals surface area contributed by atoms with Crippen molar-refractivity contribution >= 4 is 10.0 Å². The molecule has 1 aromatic carbocycles. The molecule has 0 unspecified atom stereocenters. The van der Waals surface area contributed by atoms with Crippen molar-refractivity contribution in [3.05, 3.63) is 53.5 Å². The third-order valence-electron chi connectivity index (χ3n) is 3.17. The van der Waals surface area contributed by atoms with Gasteiger partial charge >= 0.3 is 0 Å². The van der Waals surface area contributed by atoms with E-state index in [2.05, 4.69) is 0 Å². The van der Waals surface area contributed by atoms with Crippen molar-refractivity contribution in [2.45, 2.75) is 25.3 Å². The van der Waals surface area contributed by atoms with Gasteiger partial charge in [-0.2, -0.15) is 4.31 Å². The van der Waals surface area contributed by atoms with Gasteiger partial charge in [0, 0.05) is 19.2 Å². The minimum Gasteiger partial charge on any atom is -0.472 e. The number of benzene rings is 1. The van der Waals surface area contributed by atoms with E-state index in [0.717, 1.165) is 16.7 Å². The summed E-state index contributed by atoms with van der Waals surface area (Å²) in [7, 11) is -1.90. The molecule has 0 fully saturated rings. The second-order valence-corrected chi connectivity index (χ2v) is 6.68. The largest absolute Gasteiger partial charge is 0.472 e. The van der Waals surface area contributed by atoms with Crippen LogP contribution in [0.4, 0.5) is 0 Å². The number of furan rings is 1. The quantitative estimate of drug-likeness (QED) is 0.864. The summed E-state index contributed by atoms with van der Waals surface area (Å²) in [6, 6.07) is 6.93. The van der Waals surface area contributed by atoms with Crippen LogP contribution in [-0.4, -0.2) is 19.8 Å². The molecule has 0 atom stereocenters. The van der Waals surface area contributed by atoms with Gasteiger partial charge in [-0.15, -0.1) is 0 Å². The highest BCUT2D eigenvalue weighted by Gasteiger charge is 2.21. The fourth-order valence-electron chi connectivity index (χ4n) is 1.78. The first-order valence-corrected chi connectivity index (χ1v) is 7.40. The second kappa shape index (κ2) is 5.19. The zero-order chi connectivity index (χ0) is 14.0. The molecule has 4 nitrogen and oxygen atoms in total. The normalized spacial score (nSPS) is 12.0. The minimum absolute atomic E-state index is 0.297. The lowest BCUT2D eigenvalue weighted by Crippen LogP contribution is -2.26. The number of aryl methyl sites for hydroxylation is 2. The molecule has 0 aliphatic heterocycles. The number of sulfonamides is 1. The molecular formula is C14H17NO3S. The van der Waals surface area contributed by atoms with Crippen LogP contribution >= 0.6 is 0 Å². The van der Waals surface area contributed by atoms with Crippen LogP contribution in [0.3, 0.4) is 0 Å². The van der Waals surface area contributed by atoms with Crippen molar-refractivity contribution in [2.24, 2.45) is 0 Å². The van der Waals surface area contributed by atoms with Gasteiger partial charge in [0.2, 0.25) is 10.0 Å². The molecule has 0 aliphatic carbocycles. The number of hydrogen-bond donors (Lipinski definition) is 0. The molecule has 0 N–H and O–H groups in total. The summed E-state index contributed by atoms with van der Waals surface area (Å²) < 4.78 is 31.1. The molecule has 1 heterocycles. The monoisotopic (exact) mass is 279 g/mol. The number of nitrogens with zero attached hydrogens (tertiary/aromatic N) is 1. The first kappa shape index (κ1) is 13.8. The fraction of sp³-hybridized carbons (Fsp3) is 0.286. The van der Waals surface area contributed by atoms with Crippen molar-refractivity contribution in [2.75, 3.05) is 7.05 Å². The summed E-state index contributed by atoms with van der Waals surface area (Å²) in [5, 5.41) is 0. The van der Waals surface area contributed by atoms with Gasteiger partial charge in [-0.3, -0.25) is 0 Å². The van der Waals surface area contributed by atoms with E-state index >= 15 is 0 Å². The molecule has 19 heavy (non-hydrogen) atoms. The van der Waals surface area contributed by atoms with Gasteiger partial charge in [0.05, 0.1) is 17.4 Å². The first-order valence-electron chi connectivity index (χ1n) is 5.96. The summed E-state index contributed by atoms with van der Waals surface area (Å²) in [4.78, 5) is 0.321. The number of hydrogen-bond acceptors (Lipinski definition) is 3. The Bertz CT molecular complexity index is 660. The first-order chi connectivity index (χ1) is 8.91. The maximum absolute atomic E-state index is 12.4. The van der Waals surface area contributed by atoms with E-state index in [1.165, 1.54) is 10.6 Å². The molecule has 0 bridgehead atoms. The topological polar surface area (TPSA) is 50.5 Å². The molecule has 0 spiro atoms. The standard InChI is InChI=1S/C14H17NO3S/c1-11-4-5-14(8-12(11)2)19(16,17)15(3)9-13-6-7-18-10-13/h4-8,10H,9H2,1-3H3. The van der Waals surface area contributed by atoms with Crippen LogP contribution in [-0.2, 0) is 16.6 Å². The highest BCUT2D eigenvalue weighted by atomic mass is 32.2. The summed E-state index contributed by atoms with van der Waals surface area (Å²) >= 11 is 0. The van der Waals surface area contributed by atoms with Gasteiger partial charge < -0.3 is 4.42 Å². The van der Waals surface area contributed by atoms with E-state index in [4.69, 9.17) is 4.42 Å². The van der Waals surface area contributed by atoms with Gasteiger partial charge in [-0.05, 0) is 43.2 Å².